The predicted octanol–water partition coefficient (Wildman–Crippen LogP) is 4.38. The first-order valence-corrected chi connectivity index (χ1v) is 6.85. The average Bonchev–Trinajstić information content (AvgIpc) is 2.38. The van der Waals surface area contributed by atoms with Crippen LogP contribution in [0.25, 0.3) is 0 Å². The molecule has 20 heavy (non-hydrogen) atoms. The first-order valence-electron chi connectivity index (χ1n) is 6.09. The monoisotopic (exact) mass is 315 g/mol. The maximum Gasteiger partial charge on any atom is 0.141 e. The highest BCUT2D eigenvalue weighted by atomic mass is 35.5. The van der Waals surface area contributed by atoms with E-state index in [9.17, 15) is 8.78 Å². The Balaban J connectivity index is 2.09. The fourth-order valence-electron chi connectivity index (χ4n) is 2.03. The molecule has 1 unspecified atom stereocenters. The maximum atomic E-state index is 13.7. The van der Waals surface area contributed by atoms with Gasteiger partial charge < -0.3 is 5.73 Å². The van der Waals surface area contributed by atoms with E-state index in [1.54, 1.807) is 18.2 Å². The van der Waals surface area contributed by atoms with Crippen LogP contribution in [0.2, 0.25) is 10.0 Å². The van der Waals surface area contributed by atoms with Crippen LogP contribution in [0.3, 0.4) is 0 Å². The Hall–Kier alpha value is -1.16. The molecule has 2 N–H and O–H groups in total. The molecule has 0 saturated carbocycles. The molecule has 0 aliphatic carbocycles. The Bertz CT molecular complexity index is 597. The number of halogens is 4. The van der Waals surface area contributed by atoms with Crippen LogP contribution < -0.4 is 5.73 Å². The Morgan fingerprint density at radius 2 is 1.70 bits per heavy atom. The Morgan fingerprint density at radius 3 is 2.35 bits per heavy atom. The molecule has 0 aliphatic rings. The lowest BCUT2D eigenvalue weighted by atomic mass is 9.99. The van der Waals surface area contributed by atoms with Crippen LogP contribution in [0, 0.1) is 11.6 Å². The molecule has 0 fully saturated rings. The van der Waals surface area contributed by atoms with Gasteiger partial charge in [0.1, 0.15) is 11.6 Å². The van der Waals surface area contributed by atoms with Gasteiger partial charge in [-0.15, -0.1) is 0 Å². The largest absolute Gasteiger partial charge is 0.327 e. The molecule has 106 valence electrons. The van der Waals surface area contributed by atoms with Gasteiger partial charge in [-0.25, -0.2) is 8.78 Å². The van der Waals surface area contributed by atoms with Crippen molar-refractivity contribution in [3.63, 3.8) is 0 Å². The molecule has 1 nitrogen and oxygen atoms in total. The third kappa shape index (κ3) is 3.69. The first-order chi connectivity index (χ1) is 9.47. The molecular weight excluding hydrogens is 303 g/mol. The van der Waals surface area contributed by atoms with Crippen LogP contribution >= 0.6 is 23.2 Å². The van der Waals surface area contributed by atoms with Crippen molar-refractivity contribution in [2.24, 2.45) is 5.73 Å². The summed E-state index contributed by atoms with van der Waals surface area (Å²) in [6.45, 7) is 0. The van der Waals surface area contributed by atoms with E-state index < -0.39 is 5.82 Å². The number of benzene rings is 2. The molecule has 2 aromatic rings. The van der Waals surface area contributed by atoms with Gasteiger partial charge in [0.15, 0.2) is 0 Å². The summed E-state index contributed by atoms with van der Waals surface area (Å²) in [4.78, 5) is 0. The Morgan fingerprint density at radius 1 is 0.950 bits per heavy atom. The highest BCUT2D eigenvalue weighted by Crippen LogP contribution is 2.22. The van der Waals surface area contributed by atoms with Gasteiger partial charge in [-0.3, -0.25) is 0 Å². The number of hydrogen-bond donors (Lipinski definition) is 1. The topological polar surface area (TPSA) is 26.0 Å². The van der Waals surface area contributed by atoms with E-state index in [2.05, 4.69) is 0 Å². The molecule has 1 atom stereocenters. The van der Waals surface area contributed by atoms with Gasteiger partial charge in [0.2, 0.25) is 0 Å². The molecule has 2 rings (SSSR count). The van der Waals surface area contributed by atoms with Gasteiger partial charge in [-0.2, -0.15) is 0 Å². The molecule has 0 spiro atoms. The molecule has 0 aliphatic heterocycles. The lowest BCUT2D eigenvalue weighted by Crippen LogP contribution is -2.26. The predicted molar refractivity (Wildman–Crippen MR) is 78.2 cm³/mol. The van der Waals surface area contributed by atoms with Crippen LogP contribution in [-0.4, -0.2) is 6.04 Å². The zero-order chi connectivity index (χ0) is 14.7. The van der Waals surface area contributed by atoms with E-state index in [1.165, 1.54) is 18.2 Å². The first kappa shape index (κ1) is 15.2. The van der Waals surface area contributed by atoms with Crippen molar-refractivity contribution in [2.75, 3.05) is 0 Å². The number of rotatable bonds is 4. The van der Waals surface area contributed by atoms with Gasteiger partial charge in [-0.05, 0) is 42.7 Å². The van der Waals surface area contributed by atoms with Crippen LogP contribution in [0.1, 0.15) is 11.1 Å². The third-order valence-corrected chi connectivity index (χ3v) is 3.65. The normalized spacial score (nSPS) is 12.4. The summed E-state index contributed by atoms with van der Waals surface area (Å²) in [6, 6.07) is 8.63. The fraction of sp³-hybridized carbons (Fsp3) is 0.200. The second-order valence-electron chi connectivity index (χ2n) is 4.62. The summed E-state index contributed by atoms with van der Waals surface area (Å²) in [5, 5.41) is 0.413. The summed E-state index contributed by atoms with van der Waals surface area (Å²) >= 11 is 11.7. The van der Waals surface area contributed by atoms with E-state index in [4.69, 9.17) is 28.9 Å². The average molecular weight is 316 g/mol. The number of nitrogens with two attached hydrogens (primary N) is 1. The molecule has 5 heteroatoms. The zero-order valence-corrected chi connectivity index (χ0v) is 12.1. The van der Waals surface area contributed by atoms with E-state index in [0.29, 0.717) is 23.4 Å². The fourth-order valence-corrected chi connectivity index (χ4v) is 2.47. The third-order valence-electron chi connectivity index (χ3n) is 3.01. The van der Waals surface area contributed by atoms with Crippen molar-refractivity contribution in [3.05, 3.63) is 69.2 Å². The van der Waals surface area contributed by atoms with Crippen LogP contribution in [-0.2, 0) is 12.8 Å². The number of hydrogen-bond acceptors (Lipinski definition) is 1. The van der Waals surface area contributed by atoms with Crippen molar-refractivity contribution in [2.45, 2.75) is 18.9 Å². The summed E-state index contributed by atoms with van der Waals surface area (Å²) in [5.74, 6) is -0.841. The van der Waals surface area contributed by atoms with Crippen LogP contribution in [0.5, 0.6) is 0 Å². The van der Waals surface area contributed by atoms with Crippen molar-refractivity contribution < 1.29 is 8.78 Å². The molecule has 0 saturated heterocycles. The van der Waals surface area contributed by atoms with E-state index in [1.807, 2.05) is 0 Å². The molecule has 2 aromatic carbocycles. The minimum Gasteiger partial charge on any atom is -0.327 e. The minimum absolute atomic E-state index is 0.0543. The van der Waals surface area contributed by atoms with Gasteiger partial charge >= 0.3 is 0 Å². The molecular formula is C15H13Cl2F2N. The summed E-state index contributed by atoms with van der Waals surface area (Å²) < 4.78 is 26.7. The van der Waals surface area contributed by atoms with Gasteiger partial charge in [-0.1, -0.05) is 35.3 Å². The standard InChI is InChI=1S/C15H13Cl2F2N/c16-12-2-1-3-14(18)11(12)8-10(20)6-9-4-5-15(19)13(17)7-9/h1-5,7,10H,6,8,20H2. The minimum atomic E-state index is -0.471. The quantitative estimate of drug-likeness (QED) is 0.890. The lowest BCUT2D eigenvalue weighted by molar-refractivity contribution is 0.583. The van der Waals surface area contributed by atoms with Crippen LogP contribution in [0.4, 0.5) is 8.78 Å². The highest BCUT2D eigenvalue weighted by molar-refractivity contribution is 6.31. The van der Waals surface area contributed by atoms with Crippen LogP contribution in [0.15, 0.2) is 36.4 Å². The van der Waals surface area contributed by atoms with Crippen molar-refractivity contribution in [3.8, 4) is 0 Å². The smallest absolute Gasteiger partial charge is 0.141 e. The maximum absolute atomic E-state index is 13.7. The van der Waals surface area contributed by atoms with Gasteiger partial charge in [0.25, 0.3) is 0 Å². The molecule has 0 radical (unpaired) electrons. The summed E-state index contributed by atoms with van der Waals surface area (Å²) in [6.07, 6.45) is 0.769. The van der Waals surface area contributed by atoms with E-state index in [-0.39, 0.29) is 16.9 Å². The SMILES string of the molecule is NC(Cc1ccc(F)c(Cl)c1)Cc1c(F)cccc1Cl. The van der Waals surface area contributed by atoms with E-state index >= 15 is 0 Å². The van der Waals surface area contributed by atoms with Crippen molar-refractivity contribution in [1.82, 2.24) is 0 Å². The zero-order valence-electron chi connectivity index (χ0n) is 10.5. The summed E-state index contributed by atoms with van der Waals surface area (Å²) in [5.41, 5.74) is 7.20. The molecule has 0 aromatic heterocycles. The van der Waals surface area contributed by atoms with Gasteiger partial charge in [0.05, 0.1) is 5.02 Å². The van der Waals surface area contributed by atoms with Gasteiger partial charge in [0, 0.05) is 16.6 Å². The highest BCUT2D eigenvalue weighted by Gasteiger charge is 2.13. The Labute approximate surface area is 126 Å². The Kier molecular flexibility index (Phi) is 4.97. The summed E-state index contributed by atoms with van der Waals surface area (Å²) in [7, 11) is 0. The second kappa shape index (κ2) is 6.53. The molecule has 0 amide bonds. The van der Waals surface area contributed by atoms with Crippen molar-refractivity contribution in [1.29, 1.82) is 0 Å². The molecule has 0 bridgehead atoms. The lowest BCUT2D eigenvalue weighted by Gasteiger charge is -2.14. The van der Waals surface area contributed by atoms with E-state index in [0.717, 1.165) is 5.56 Å². The molecule has 0 heterocycles. The van der Waals surface area contributed by atoms with Crippen molar-refractivity contribution >= 4 is 23.2 Å². The second-order valence-corrected chi connectivity index (χ2v) is 5.43.